The van der Waals surface area contributed by atoms with Crippen LogP contribution in [0.25, 0.3) is 10.9 Å². The van der Waals surface area contributed by atoms with Crippen LogP contribution in [-0.2, 0) is 0 Å². The molecule has 0 bridgehead atoms. The Kier molecular flexibility index (Phi) is 2.76. The lowest BCUT2D eigenvalue weighted by Crippen LogP contribution is -2.07. The first-order valence-corrected chi connectivity index (χ1v) is 5.76. The lowest BCUT2D eigenvalue weighted by atomic mass is 10.0. The quantitative estimate of drug-likeness (QED) is 0.658. The van der Waals surface area contributed by atoms with Crippen molar-refractivity contribution in [3.05, 3.63) is 71.9 Å². The van der Waals surface area contributed by atoms with Crippen molar-refractivity contribution in [2.45, 2.75) is 0 Å². The first kappa shape index (κ1) is 11.5. The van der Waals surface area contributed by atoms with Crippen molar-refractivity contribution in [2.24, 2.45) is 0 Å². The van der Waals surface area contributed by atoms with E-state index in [1.165, 1.54) is 18.3 Å². The predicted octanol–water partition coefficient (Wildman–Crippen LogP) is 3.00. The van der Waals surface area contributed by atoms with Crippen LogP contribution in [0.3, 0.4) is 0 Å². The Balaban J connectivity index is 2.20. The van der Waals surface area contributed by atoms with Gasteiger partial charge in [-0.3, -0.25) is 9.78 Å². The maximum atomic E-state index is 13.6. The van der Waals surface area contributed by atoms with Gasteiger partial charge in [0.2, 0.25) is 5.78 Å². The van der Waals surface area contributed by atoms with Gasteiger partial charge < -0.3 is 0 Å². The number of carbonyl (C=O) groups excluding carboxylic acids is 1. The molecule has 1 aromatic carbocycles. The minimum absolute atomic E-state index is 0.168. The first-order valence-electron chi connectivity index (χ1n) is 5.76. The summed E-state index contributed by atoms with van der Waals surface area (Å²) < 4.78 is 13.6. The minimum Gasteiger partial charge on any atom is -0.287 e. The Labute approximate surface area is 108 Å². The summed E-state index contributed by atoms with van der Waals surface area (Å²) in [7, 11) is 0. The number of fused-ring (bicyclic) bond motifs is 1. The number of ketones is 1. The molecular weight excluding hydrogens is 243 g/mol. The second kappa shape index (κ2) is 4.57. The topological polar surface area (TPSA) is 42.9 Å². The molecule has 0 spiro atoms. The van der Waals surface area contributed by atoms with Crippen LogP contribution in [0.1, 0.15) is 16.1 Å². The average Bonchev–Trinajstić information content (AvgIpc) is 2.46. The molecular formula is C15H9FN2O. The number of rotatable bonds is 2. The van der Waals surface area contributed by atoms with Gasteiger partial charge in [0, 0.05) is 23.3 Å². The zero-order chi connectivity index (χ0) is 13.2. The van der Waals surface area contributed by atoms with Gasteiger partial charge in [-0.15, -0.1) is 0 Å². The third-order valence-electron chi connectivity index (χ3n) is 2.86. The Morgan fingerprint density at radius 1 is 0.947 bits per heavy atom. The maximum absolute atomic E-state index is 13.6. The van der Waals surface area contributed by atoms with Crippen molar-refractivity contribution in [3.8, 4) is 0 Å². The van der Waals surface area contributed by atoms with Gasteiger partial charge in [0.1, 0.15) is 5.69 Å². The number of hydrogen-bond donors (Lipinski definition) is 0. The molecule has 0 N–H and O–H groups in total. The van der Waals surface area contributed by atoms with Crippen LogP contribution in [0.5, 0.6) is 0 Å². The number of carbonyl (C=O) groups is 1. The van der Waals surface area contributed by atoms with E-state index >= 15 is 0 Å². The molecule has 0 aliphatic heterocycles. The lowest BCUT2D eigenvalue weighted by Gasteiger charge is -2.05. The highest BCUT2D eigenvalue weighted by atomic mass is 19.1. The third kappa shape index (κ3) is 1.97. The molecule has 0 unspecified atom stereocenters. The van der Waals surface area contributed by atoms with Gasteiger partial charge in [-0.25, -0.2) is 9.37 Å². The fourth-order valence-electron chi connectivity index (χ4n) is 1.98. The molecule has 0 amide bonds. The van der Waals surface area contributed by atoms with Gasteiger partial charge >= 0.3 is 0 Å². The summed E-state index contributed by atoms with van der Waals surface area (Å²) >= 11 is 0. The van der Waals surface area contributed by atoms with Crippen LogP contribution in [0.15, 0.2) is 54.9 Å². The van der Waals surface area contributed by atoms with E-state index < -0.39 is 11.6 Å². The van der Waals surface area contributed by atoms with E-state index in [1.54, 1.807) is 36.5 Å². The van der Waals surface area contributed by atoms with Crippen molar-refractivity contribution in [3.63, 3.8) is 0 Å². The van der Waals surface area contributed by atoms with E-state index in [9.17, 15) is 9.18 Å². The van der Waals surface area contributed by atoms with Crippen molar-refractivity contribution in [2.75, 3.05) is 0 Å². The second-order valence-corrected chi connectivity index (χ2v) is 4.04. The standard InChI is InChI=1S/C15H9FN2O/c16-12-6-3-9-18-14(12)15(19)11-4-1-7-13-10(11)5-2-8-17-13/h1-9H. The molecule has 2 aromatic heterocycles. The Morgan fingerprint density at radius 3 is 2.58 bits per heavy atom. The molecule has 0 atom stereocenters. The molecule has 92 valence electrons. The summed E-state index contributed by atoms with van der Waals surface area (Å²) in [6.45, 7) is 0. The van der Waals surface area contributed by atoms with Crippen LogP contribution >= 0.6 is 0 Å². The summed E-state index contributed by atoms with van der Waals surface area (Å²) in [6.07, 6.45) is 3.05. The Morgan fingerprint density at radius 2 is 1.74 bits per heavy atom. The first-order chi connectivity index (χ1) is 9.27. The number of halogens is 1. The predicted molar refractivity (Wildman–Crippen MR) is 69.4 cm³/mol. The van der Waals surface area contributed by atoms with Crippen LogP contribution in [0.4, 0.5) is 4.39 Å². The van der Waals surface area contributed by atoms with Gasteiger partial charge in [0.25, 0.3) is 0 Å². The number of aromatic nitrogens is 2. The van der Waals surface area contributed by atoms with E-state index in [0.29, 0.717) is 16.5 Å². The summed E-state index contributed by atoms with van der Waals surface area (Å²) in [5.41, 5.74) is 0.937. The normalized spacial score (nSPS) is 10.6. The largest absolute Gasteiger partial charge is 0.287 e. The smallest absolute Gasteiger partial charge is 0.215 e. The molecule has 2 heterocycles. The summed E-state index contributed by atoms with van der Waals surface area (Å²) in [5.74, 6) is -1.05. The molecule has 0 saturated carbocycles. The number of hydrogen-bond acceptors (Lipinski definition) is 3. The molecule has 4 heteroatoms. The van der Waals surface area contributed by atoms with Gasteiger partial charge in [-0.05, 0) is 24.3 Å². The summed E-state index contributed by atoms with van der Waals surface area (Å²) in [5, 5.41) is 0.694. The van der Waals surface area contributed by atoms with Crippen LogP contribution < -0.4 is 0 Å². The molecule has 0 aliphatic rings. The lowest BCUT2D eigenvalue weighted by molar-refractivity contribution is 0.103. The molecule has 3 nitrogen and oxygen atoms in total. The van der Waals surface area contributed by atoms with Gasteiger partial charge in [-0.2, -0.15) is 0 Å². The number of pyridine rings is 2. The van der Waals surface area contributed by atoms with Gasteiger partial charge in [-0.1, -0.05) is 18.2 Å². The van der Waals surface area contributed by atoms with Crippen LogP contribution in [0.2, 0.25) is 0 Å². The highest BCUT2D eigenvalue weighted by Gasteiger charge is 2.17. The van der Waals surface area contributed by atoms with Crippen molar-refractivity contribution in [1.82, 2.24) is 9.97 Å². The highest BCUT2D eigenvalue weighted by Crippen LogP contribution is 2.20. The number of nitrogens with zero attached hydrogens (tertiary/aromatic N) is 2. The fraction of sp³-hybridized carbons (Fsp3) is 0. The molecule has 0 fully saturated rings. The fourth-order valence-corrected chi connectivity index (χ4v) is 1.98. The minimum atomic E-state index is -0.617. The van der Waals surface area contributed by atoms with E-state index in [0.717, 1.165) is 0 Å². The van der Waals surface area contributed by atoms with Crippen molar-refractivity contribution < 1.29 is 9.18 Å². The van der Waals surface area contributed by atoms with Gasteiger partial charge in [0.05, 0.1) is 5.52 Å². The molecule has 3 aromatic rings. The average molecular weight is 252 g/mol. The van der Waals surface area contributed by atoms with E-state index in [1.807, 2.05) is 0 Å². The van der Waals surface area contributed by atoms with E-state index in [-0.39, 0.29) is 5.69 Å². The Hall–Kier alpha value is -2.62. The molecule has 0 radical (unpaired) electrons. The molecule has 0 aliphatic carbocycles. The maximum Gasteiger partial charge on any atom is 0.215 e. The molecule has 3 rings (SSSR count). The highest BCUT2D eigenvalue weighted by molar-refractivity contribution is 6.15. The SMILES string of the molecule is O=C(c1ncccc1F)c1cccc2ncccc12. The summed E-state index contributed by atoms with van der Waals surface area (Å²) in [6, 6.07) is 11.4. The zero-order valence-electron chi connectivity index (χ0n) is 9.88. The van der Waals surface area contributed by atoms with E-state index in [2.05, 4.69) is 9.97 Å². The van der Waals surface area contributed by atoms with Crippen LogP contribution in [-0.4, -0.2) is 15.8 Å². The van der Waals surface area contributed by atoms with Gasteiger partial charge in [0.15, 0.2) is 5.82 Å². The van der Waals surface area contributed by atoms with E-state index in [4.69, 9.17) is 0 Å². The van der Waals surface area contributed by atoms with Crippen molar-refractivity contribution in [1.29, 1.82) is 0 Å². The van der Waals surface area contributed by atoms with Crippen molar-refractivity contribution >= 4 is 16.7 Å². The molecule has 19 heavy (non-hydrogen) atoms. The monoisotopic (exact) mass is 252 g/mol. The summed E-state index contributed by atoms with van der Waals surface area (Å²) in [4.78, 5) is 20.3. The second-order valence-electron chi connectivity index (χ2n) is 4.04. The number of benzene rings is 1. The third-order valence-corrected chi connectivity index (χ3v) is 2.86. The van der Waals surface area contributed by atoms with Crippen LogP contribution in [0, 0.1) is 5.82 Å². The zero-order valence-corrected chi connectivity index (χ0v) is 9.88. The molecule has 0 saturated heterocycles. The Bertz CT molecular complexity index is 765.